The molecule has 0 fully saturated rings. The largest absolute Gasteiger partial charge is 0.490 e. The summed E-state index contributed by atoms with van der Waals surface area (Å²) in [7, 11) is 0. The third-order valence-electron chi connectivity index (χ3n) is 2.84. The number of benzene rings is 2. The maximum absolute atomic E-state index is 5.87. The molecular weight excluding hydrogens is 270 g/mol. The molecule has 0 radical (unpaired) electrons. The predicted octanol–water partition coefficient (Wildman–Crippen LogP) is 3.82. The highest BCUT2D eigenvalue weighted by atomic mass is 32.1. The van der Waals surface area contributed by atoms with Gasteiger partial charge in [-0.1, -0.05) is 24.4 Å². The van der Waals surface area contributed by atoms with Crippen LogP contribution in [-0.4, -0.2) is 11.6 Å². The molecule has 0 heterocycles. The molecule has 0 atom stereocenters. The van der Waals surface area contributed by atoms with Gasteiger partial charge in [0.15, 0.2) is 11.5 Å². The average molecular weight is 287 g/mol. The Labute approximate surface area is 124 Å². The zero-order valence-corrected chi connectivity index (χ0v) is 12.4. The van der Waals surface area contributed by atoms with Gasteiger partial charge in [0, 0.05) is 5.56 Å². The fourth-order valence-corrected chi connectivity index (χ4v) is 2.14. The van der Waals surface area contributed by atoms with Crippen LogP contribution in [0.3, 0.4) is 0 Å². The fraction of sp³-hybridized carbons (Fsp3) is 0.188. The minimum atomic E-state index is 0.392. The van der Waals surface area contributed by atoms with Crippen LogP contribution in [0.25, 0.3) is 0 Å². The quantitative estimate of drug-likeness (QED) is 0.849. The Bertz CT molecular complexity index is 626. The molecule has 0 saturated carbocycles. The summed E-state index contributed by atoms with van der Waals surface area (Å²) < 4.78 is 11.4. The van der Waals surface area contributed by atoms with Gasteiger partial charge in [-0.25, -0.2) is 0 Å². The van der Waals surface area contributed by atoms with Crippen LogP contribution in [0.1, 0.15) is 18.1 Å². The first-order chi connectivity index (χ1) is 9.61. The van der Waals surface area contributed by atoms with Crippen molar-refractivity contribution in [1.29, 1.82) is 0 Å². The zero-order valence-electron chi connectivity index (χ0n) is 11.6. The lowest BCUT2D eigenvalue weighted by Gasteiger charge is -2.12. The lowest BCUT2D eigenvalue weighted by Crippen LogP contribution is -2.10. The van der Waals surface area contributed by atoms with Crippen molar-refractivity contribution in [1.82, 2.24) is 0 Å². The summed E-state index contributed by atoms with van der Waals surface area (Å²) in [6.07, 6.45) is 0. The number of ether oxygens (including phenoxy) is 2. The van der Waals surface area contributed by atoms with Crippen molar-refractivity contribution in [3.8, 4) is 17.2 Å². The molecule has 0 bridgehead atoms. The molecule has 2 aromatic carbocycles. The van der Waals surface area contributed by atoms with Gasteiger partial charge in [0.05, 0.1) is 6.61 Å². The maximum atomic E-state index is 5.87. The molecular formula is C16H17NO2S. The molecule has 0 aliphatic rings. The molecule has 3 nitrogen and oxygen atoms in total. The highest BCUT2D eigenvalue weighted by Crippen LogP contribution is 2.31. The highest BCUT2D eigenvalue weighted by Gasteiger charge is 2.07. The van der Waals surface area contributed by atoms with Crippen LogP contribution in [0.15, 0.2) is 42.5 Å². The molecule has 104 valence electrons. The van der Waals surface area contributed by atoms with E-state index in [4.69, 9.17) is 27.4 Å². The average Bonchev–Trinajstić information content (AvgIpc) is 2.41. The van der Waals surface area contributed by atoms with E-state index in [1.54, 1.807) is 0 Å². The Kier molecular flexibility index (Phi) is 4.58. The minimum Gasteiger partial charge on any atom is -0.490 e. The molecule has 0 aromatic heterocycles. The summed E-state index contributed by atoms with van der Waals surface area (Å²) in [5.74, 6) is 2.15. The highest BCUT2D eigenvalue weighted by molar-refractivity contribution is 7.80. The molecule has 0 amide bonds. The topological polar surface area (TPSA) is 44.5 Å². The number of rotatable bonds is 5. The van der Waals surface area contributed by atoms with Gasteiger partial charge >= 0.3 is 0 Å². The van der Waals surface area contributed by atoms with E-state index in [1.807, 2.05) is 56.3 Å². The Balaban J connectivity index is 2.26. The summed E-state index contributed by atoms with van der Waals surface area (Å²) in [5, 5.41) is 0. The van der Waals surface area contributed by atoms with Crippen molar-refractivity contribution in [3.05, 3.63) is 53.6 Å². The van der Waals surface area contributed by atoms with Crippen LogP contribution >= 0.6 is 12.2 Å². The van der Waals surface area contributed by atoms with Crippen molar-refractivity contribution < 1.29 is 9.47 Å². The number of para-hydroxylation sites is 2. The molecule has 0 aliphatic heterocycles. The van der Waals surface area contributed by atoms with Crippen molar-refractivity contribution in [2.45, 2.75) is 13.8 Å². The van der Waals surface area contributed by atoms with Crippen molar-refractivity contribution in [2.75, 3.05) is 6.61 Å². The summed E-state index contributed by atoms with van der Waals surface area (Å²) in [4.78, 5) is 0.392. The fourth-order valence-electron chi connectivity index (χ4n) is 1.91. The van der Waals surface area contributed by atoms with E-state index in [9.17, 15) is 0 Å². The second kappa shape index (κ2) is 6.39. The van der Waals surface area contributed by atoms with E-state index in [0.717, 1.165) is 22.6 Å². The van der Waals surface area contributed by atoms with Gasteiger partial charge in [-0.05, 0) is 49.7 Å². The number of hydrogen-bond acceptors (Lipinski definition) is 3. The third kappa shape index (κ3) is 3.27. The van der Waals surface area contributed by atoms with Gasteiger partial charge in [-0.3, -0.25) is 0 Å². The standard InChI is InChI=1S/C16H17NO2S/c1-3-18-14-6-4-5-7-15(14)19-12-8-9-13(16(17)20)11(2)10-12/h4-10H,3H2,1-2H3,(H2,17,20). The van der Waals surface area contributed by atoms with E-state index in [0.29, 0.717) is 17.3 Å². The first kappa shape index (κ1) is 14.3. The van der Waals surface area contributed by atoms with Crippen LogP contribution in [-0.2, 0) is 0 Å². The third-order valence-corrected chi connectivity index (χ3v) is 3.06. The first-order valence-electron chi connectivity index (χ1n) is 6.42. The van der Waals surface area contributed by atoms with E-state index < -0.39 is 0 Å². The second-order valence-electron chi connectivity index (χ2n) is 4.32. The number of hydrogen-bond donors (Lipinski definition) is 1. The van der Waals surface area contributed by atoms with E-state index in [-0.39, 0.29) is 0 Å². The van der Waals surface area contributed by atoms with E-state index in [1.165, 1.54) is 0 Å². The Morgan fingerprint density at radius 2 is 1.85 bits per heavy atom. The molecule has 2 aromatic rings. The van der Waals surface area contributed by atoms with Crippen LogP contribution in [0.5, 0.6) is 17.2 Å². The van der Waals surface area contributed by atoms with Gasteiger partial charge in [0.25, 0.3) is 0 Å². The van der Waals surface area contributed by atoms with Crippen molar-refractivity contribution in [2.24, 2.45) is 5.73 Å². The molecule has 0 saturated heterocycles. The molecule has 2 N–H and O–H groups in total. The zero-order chi connectivity index (χ0) is 14.5. The molecule has 20 heavy (non-hydrogen) atoms. The van der Waals surface area contributed by atoms with E-state index >= 15 is 0 Å². The number of aryl methyl sites for hydroxylation is 1. The smallest absolute Gasteiger partial charge is 0.169 e. The molecule has 4 heteroatoms. The normalized spacial score (nSPS) is 10.1. The van der Waals surface area contributed by atoms with Crippen LogP contribution in [0.2, 0.25) is 0 Å². The lowest BCUT2D eigenvalue weighted by atomic mass is 10.1. The number of nitrogens with two attached hydrogens (primary N) is 1. The van der Waals surface area contributed by atoms with Crippen molar-refractivity contribution in [3.63, 3.8) is 0 Å². The SMILES string of the molecule is CCOc1ccccc1Oc1ccc(C(N)=S)c(C)c1. The predicted molar refractivity (Wildman–Crippen MR) is 84.8 cm³/mol. The summed E-state index contributed by atoms with van der Waals surface area (Å²) >= 11 is 4.99. The number of thiocarbonyl (C=S) groups is 1. The monoisotopic (exact) mass is 287 g/mol. The Morgan fingerprint density at radius 3 is 2.45 bits per heavy atom. The van der Waals surface area contributed by atoms with Gasteiger partial charge in [-0.15, -0.1) is 0 Å². The van der Waals surface area contributed by atoms with Crippen molar-refractivity contribution >= 4 is 17.2 Å². The molecule has 2 rings (SSSR count). The van der Waals surface area contributed by atoms with Crippen LogP contribution in [0, 0.1) is 6.92 Å². The Morgan fingerprint density at radius 1 is 1.15 bits per heavy atom. The Hall–Kier alpha value is -2.07. The van der Waals surface area contributed by atoms with Crippen LogP contribution < -0.4 is 15.2 Å². The first-order valence-corrected chi connectivity index (χ1v) is 6.82. The van der Waals surface area contributed by atoms with Gasteiger partial charge in [-0.2, -0.15) is 0 Å². The summed E-state index contributed by atoms with van der Waals surface area (Å²) in [6, 6.07) is 13.2. The van der Waals surface area contributed by atoms with Crippen LogP contribution in [0.4, 0.5) is 0 Å². The van der Waals surface area contributed by atoms with E-state index in [2.05, 4.69) is 0 Å². The molecule has 0 aliphatic carbocycles. The lowest BCUT2D eigenvalue weighted by molar-refractivity contribution is 0.321. The summed E-state index contributed by atoms with van der Waals surface area (Å²) in [5.41, 5.74) is 7.51. The minimum absolute atomic E-state index is 0.392. The maximum Gasteiger partial charge on any atom is 0.169 e. The second-order valence-corrected chi connectivity index (χ2v) is 4.76. The van der Waals surface area contributed by atoms with Gasteiger partial charge in [0.2, 0.25) is 0 Å². The molecule has 0 unspecified atom stereocenters. The van der Waals surface area contributed by atoms with Gasteiger partial charge in [0.1, 0.15) is 10.7 Å². The van der Waals surface area contributed by atoms with Gasteiger partial charge < -0.3 is 15.2 Å². The summed E-state index contributed by atoms with van der Waals surface area (Å²) in [6.45, 7) is 4.49. The molecule has 0 spiro atoms.